The van der Waals surface area contributed by atoms with Gasteiger partial charge in [-0.05, 0) is 119 Å². The highest BCUT2D eigenvalue weighted by molar-refractivity contribution is 6.11. The van der Waals surface area contributed by atoms with Gasteiger partial charge in [0, 0.05) is 38.3 Å². The molecule has 1 aliphatic carbocycles. The van der Waals surface area contributed by atoms with Gasteiger partial charge in [0.1, 0.15) is 11.2 Å². The Kier molecular flexibility index (Phi) is 6.31. The van der Waals surface area contributed by atoms with E-state index in [0.29, 0.717) is 0 Å². The van der Waals surface area contributed by atoms with Crippen molar-refractivity contribution in [3.05, 3.63) is 187 Å². The molecule has 3 heteroatoms. The molecule has 3 aromatic heterocycles. The van der Waals surface area contributed by atoms with Gasteiger partial charge in [0.15, 0.2) is 0 Å². The summed E-state index contributed by atoms with van der Waals surface area (Å²) in [6.45, 7) is 0. The second-order valence-electron chi connectivity index (χ2n) is 13.7. The Morgan fingerprint density at radius 1 is 0.404 bits per heavy atom. The van der Waals surface area contributed by atoms with Crippen LogP contribution in [0.3, 0.4) is 0 Å². The number of benzene rings is 7. The monoisotopic (exact) mass is 664 g/mol. The van der Waals surface area contributed by atoms with Gasteiger partial charge in [0.2, 0.25) is 0 Å². The van der Waals surface area contributed by atoms with Crippen LogP contribution in [0.4, 0.5) is 0 Å². The van der Waals surface area contributed by atoms with Crippen molar-refractivity contribution >= 4 is 60.7 Å². The van der Waals surface area contributed by atoms with Gasteiger partial charge in [-0.3, -0.25) is 0 Å². The predicted octanol–water partition coefficient (Wildman–Crippen LogP) is 13.1. The van der Waals surface area contributed by atoms with Crippen LogP contribution in [-0.4, -0.2) is 9.13 Å². The van der Waals surface area contributed by atoms with Gasteiger partial charge in [-0.25, -0.2) is 0 Å². The molecule has 0 bridgehead atoms. The van der Waals surface area contributed by atoms with E-state index in [1.807, 2.05) is 0 Å². The van der Waals surface area contributed by atoms with Crippen LogP contribution in [-0.2, 0) is 6.42 Å². The molecule has 7 aromatic carbocycles. The minimum atomic E-state index is 0.898. The molecule has 0 radical (unpaired) electrons. The maximum atomic E-state index is 6.40. The summed E-state index contributed by atoms with van der Waals surface area (Å²) in [6, 6.07) is 57.0. The Morgan fingerprint density at radius 3 is 1.60 bits per heavy atom. The van der Waals surface area contributed by atoms with Crippen LogP contribution < -0.4 is 0 Å². The average molecular weight is 665 g/mol. The lowest BCUT2D eigenvalue weighted by Crippen LogP contribution is -1.97. The van der Waals surface area contributed by atoms with Gasteiger partial charge in [0.05, 0.1) is 22.2 Å². The summed E-state index contributed by atoms with van der Waals surface area (Å²) in [6.07, 6.45) is 9.70. The third kappa shape index (κ3) is 4.39. The molecule has 0 fully saturated rings. The Morgan fingerprint density at radius 2 is 0.923 bits per heavy atom. The third-order valence-electron chi connectivity index (χ3n) is 10.8. The molecule has 0 amide bonds. The van der Waals surface area contributed by atoms with E-state index in [2.05, 4.69) is 191 Å². The van der Waals surface area contributed by atoms with E-state index in [4.69, 9.17) is 4.42 Å². The van der Waals surface area contributed by atoms with E-state index in [0.717, 1.165) is 28.4 Å². The lowest BCUT2D eigenvalue weighted by molar-refractivity contribution is 0.669. The van der Waals surface area contributed by atoms with Crippen molar-refractivity contribution < 1.29 is 4.42 Å². The van der Waals surface area contributed by atoms with Crippen LogP contribution in [0.15, 0.2) is 180 Å². The maximum Gasteiger partial charge on any atom is 0.135 e. The molecule has 1 aliphatic rings. The number of rotatable bonds is 4. The lowest BCUT2D eigenvalue weighted by atomic mass is 9.98. The largest absolute Gasteiger partial charge is 0.456 e. The molecule has 0 aliphatic heterocycles. The van der Waals surface area contributed by atoms with Crippen molar-refractivity contribution in [3.63, 3.8) is 0 Å². The maximum absolute atomic E-state index is 6.40. The highest BCUT2D eigenvalue weighted by atomic mass is 16.3. The molecule has 244 valence electrons. The molecule has 0 saturated carbocycles. The molecular weight excluding hydrogens is 633 g/mol. The van der Waals surface area contributed by atoms with Crippen molar-refractivity contribution in [2.75, 3.05) is 0 Å². The second kappa shape index (κ2) is 11.3. The Labute approximate surface area is 300 Å². The van der Waals surface area contributed by atoms with Gasteiger partial charge in [0.25, 0.3) is 0 Å². The first-order chi connectivity index (χ1) is 25.8. The highest BCUT2D eigenvalue weighted by Gasteiger charge is 2.19. The molecule has 3 heterocycles. The molecule has 10 aromatic rings. The average Bonchev–Trinajstić information content (AvgIpc) is 3.77. The lowest BCUT2D eigenvalue weighted by Gasteiger charge is -2.09. The summed E-state index contributed by atoms with van der Waals surface area (Å²) in [4.78, 5) is 0. The zero-order chi connectivity index (χ0) is 34.2. The van der Waals surface area contributed by atoms with Gasteiger partial charge in [-0.15, -0.1) is 0 Å². The van der Waals surface area contributed by atoms with Crippen molar-refractivity contribution in [1.82, 2.24) is 9.13 Å². The van der Waals surface area contributed by atoms with Crippen molar-refractivity contribution in [3.8, 4) is 33.6 Å². The minimum absolute atomic E-state index is 0.898. The van der Waals surface area contributed by atoms with Crippen LogP contribution in [0.25, 0.3) is 94.4 Å². The molecule has 0 saturated heterocycles. The summed E-state index contributed by atoms with van der Waals surface area (Å²) in [5.41, 5.74) is 15.1. The van der Waals surface area contributed by atoms with E-state index in [1.165, 1.54) is 77.6 Å². The smallest absolute Gasteiger partial charge is 0.135 e. The van der Waals surface area contributed by atoms with Crippen molar-refractivity contribution in [1.29, 1.82) is 0 Å². The van der Waals surface area contributed by atoms with Crippen LogP contribution in [0, 0.1) is 0 Å². The zero-order valence-corrected chi connectivity index (χ0v) is 28.3. The van der Waals surface area contributed by atoms with Crippen LogP contribution in [0.5, 0.6) is 0 Å². The van der Waals surface area contributed by atoms with Gasteiger partial charge >= 0.3 is 0 Å². The summed E-state index contributed by atoms with van der Waals surface area (Å²) in [5, 5.41) is 6.04. The molecular formula is C49H32N2O. The number of para-hydroxylation sites is 3. The van der Waals surface area contributed by atoms with E-state index < -0.39 is 0 Å². The van der Waals surface area contributed by atoms with Crippen LogP contribution >= 0.6 is 0 Å². The summed E-state index contributed by atoms with van der Waals surface area (Å²) < 4.78 is 11.2. The Balaban J connectivity index is 1.04. The number of hydrogen-bond acceptors (Lipinski definition) is 1. The standard InChI is InChI=1S/C49H32N2O/c1-4-12-36(13-5-1)50-44-18-9-3-8-16-38(44)40-28-32(20-24-46(40)50)34-22-26-48-42(30-34)43-31-35(23-27-49(43)52-48)33-21-25-47-41(29-33)39-17-10-11-19-45(39)51(47)37-14-6-2-7-15-37/h1-15,17-31H,16H2. The van der Waals surface area contributed by atoms with Gasteiger partial charge in [-0.2, -0.15) is 0 Å². The first-order valence-corrected chi connectivity index (χ1v) is 17.9. The van der Waals surface area contributed by atoms with Crippen molar-refractivity contribution in [2.24, 2.45) is 0 Å². The first-order valence-electron chi connectivity index (χ1n) is 17.9. The number of hydrogen-bond donors (Lipinski definition) is 0. The molecule has 0 unspecified atom stereocenters. The fourth-order valence-corrected chi connectivity index (χ4v) is 8.36. The third-order valence-corrected chi connectivity index (χ3v) is 10.8. The molecule has 3 nitrogen and oxygen atoms in total. The number of fused-ring (bicyclic) bond motifs is 9. The fraction of sp³-hybridized carbons (Fsp3) is 0.0204. The van der Waals surface area contributed by atoms with E-state index in [1.54, 1.807) is 0 Å². The highest BCUT2D eigenvalue weighted by Crippen LogP contribution is 2.40. The van der Waals surface area contributed by atoms with E-state index in [9.17, 15) is 0 Å². The number of nitrogens with zero attached hydrogens (tertiary/aromatic N) is 2. The number of allylic oxidation sites excluding steroid dienone is 3. The van der Waals surface area contributed by atoms with E-state index >= 15 is 0 Å². The molecule has 0 spiro atoms. The van der Waals surface area contributed by atoms with Gasteiger partial charge in [-0.1, -0.05) is 97.1 Å². The molecule has 0 atom stereocenters. The Hall–Kier alpha value is -6.84. The normalized spacial score (nSPS) is 12.8. The summed E-state index contributed by atoms with van der Waals surface area (Å²) >= 11 is 0. The van der Waals surface area contributed by atoms with E-state index in [-0.39, 0.29) is 0 Å². The first kappa shape index (κ1) is 28.9. The Bertz CT molecular complexity index is 3080. The SMILES string of the molecule is C1=CCc2c(n(-c3ccccc3)c3ccc(-c4ccc5oc6ccc(-c7ccc8c(c7)c7ccccc7n8-c7ccccc7)cc6c5c4)cc23)C=C1. The predicted molar refractivity (Wildman–Crippen MR) is 218 cm³/mol. The molecule has 11 rings (SSSR count). The topological polar surface area (TPSA) is 23.0 Å². The van der Waals surface area contributed by atoms with Crippen LogP contribution in [0.1, 0.15) is 11.3 Å². The molecule has 0 N–H and O–H groups in total. The quantitative estimate of drug-likeness (QED) is 0.184. The van der Waals surface area contributed by atoms with Gasteiger partial charge < -0.3 is 13.6 Å². The fourth-order valence-electron chi connectivity index (χ4n) is 8.36. The zero-order valence-electron chi connectivity index (χ0n) is 28.3. The minimum Gasteiger partial charge on any atom is -0.456 e. The number of furan rings is 1. The number of aromatic nitrogens is 2. The summed E-state index contributed by atoms with van der Waals surface area (Å²) in [7, 11) is 0. The summed E-state index contributed by atoms with van der Waals surface area (Å²) in [5.74, 6) is 0. The second-order valence-corrected chi connectivity index (χ2v) is 13.7. The van der Waals surface area contributed by atoms with Crippen molar-refractivity contribution in [2.45, 2.75) is 6.42 Å². The van der Waals surface area contributed by atoms with Crippen LogP contribution in [0.2, 0.25) is 0 Å². The molecule has 52 heavy (non-hydrogen) atoms.